The first-order valence-electron chi connectivity index (χ1n) is 5.17. The van der Waals surface area contributed by atoms with E-state index in [2.05, 4.69) is 5.32 Å². The van der Waals surface area contributed by atoms with E-state index in [1.165, 1.54) is 0 Å². The molecule has 1 amide bonds. The molecular weight excluding hydrogens is 196 g/mol. The van der Waals surface area contributed by atoms with Crippen molar-refractivity contribution in [1.29, 1.82) is 0 Å². The molecule has 1 atom stereocenters. The Morgan fingerprint density at radius 1 is 1.40 bits per heavy atom. The van der Waals surface area contributed by atoms with Crippen LogP contribution in [0.15, 0.2) is 0 Å². The monoisotopic (exact) mass is 218 g/mol. The molecule has 0 bridgehead atoms. The summed E-state index contributed by atoms with van der Waals surface area (Å²) >= 11 is 0. The highest BCUT2D eigenvalue weighted by Crippen LogP contribution is 1.95. The Labute approximate surface area is 91.3 Å². The van der Waals surface area contributed by atoms with Crippen LogP contribution in [0, 0.1) is 5.92 Å². The maximum absolute atomic E-state index is 11.2. The van der Waals surface area contributed by atoms with Crippen molar-refractivity contribution in [3.05, 3.63) is 0 Å². The van der Waals surface area contributed by atoms with Crippen molar-refractivity contribution < 1.29 is 14.3 Å². The van der Waals surface area contributed by atoms with Gasteiger partial charge < -0.3 is 20.5 Å². The summed E-state index contributed by atoms with van der Waals surface area (Å²) in [6.07, 6.45) is 0. The largest absolute Gasteiger partial charge is 0.382 e. The third-order valence-electron chi connectivity index (χ3n) is 2.06. The van der Waals surface area contributed by atoms with E-state index >= 15 is 0 Å². The second-order valence-electron chi connectivity index (χ2n) is 3.76. The van der Waals surface area contributed by atoms with Crippen LogP contribution in [-0.4, -0.2) is 45.4 Å². The third-order valence-corrected chi connectivity index (χ3v) is 2.06. The molecule has 0 saturated heterocycles. The van der Waals surface area contributed by atoms with Crippen LogP contribution < -0.4 is 11.1 Å². The number of ether oxygens (including phenoxy) is 2. The highest BCUT2D eigenvalue weighted by atomic mass is 16.5. The van der Waals surface area contributed by atoms with Crippen molar-refractivity contribution in [3.8, 4) is 0 Å². The normalized spacial score (nSPS) is 12.9. The topological polar surface area (TPSA) is 73.6 Å². The zero-order valence-electron chi connectivity index (χ0n) is 9.79. The first-order valence-corrected chi connectivity index (χ1v) is 5.17. The molecule has 0 spiro atoms. The highest BCUT2D eigenvalue weighted by Gasteiger charge is 2.08. The van der Waals surface area contributed by atoms with Gasteiger partial charge in [0.1, 0.15) is 6.61 Å². The third kappa shape index (κ3) is 8.35. The van der Waals surface area contributed by atoms with Gasteiger partial charge in [-0.25, -0.2) is 0 Å². The fourth-order valence-electron chi connectivity index (χ4n) is 0.826. The molecule has 0 aromatic carbocycles. The van der Waals surface area contributed by atoms with Gasteiger partial charge in [-0.15, -0.1) is 0 Å². The molecule has 0 aromatic rings. The number of carbonyl (C=O) groups is 1. The Bertz CT molecular complexity index is 174. The second kappa shape index (κ2) is 8.64. The lowest BCUT2D eigenvalue weighted by atomic mass is 10.1. The van der Waals surface area contributed by atoms with Crippen molar-refractivity contribution in [2.24, 2.45) is 11.7 Å². The summed E-state index contributed by atoms with van der Waals surface area (Å²) < 4.78 is 9.83. The maximum Gasteiger partial charge on any atom is 0.246 e. The van der Waals surface area contributed by atoms with Crippen molar-refractivity contribution in [2.75, 3.05) is 33.5 Å². The Kier molecular flexibility index (Phi) is 8.27. The van der Waals surface area contributed by atoms with E-state index in [4.69, 9.17) is 15.2 Å². The van der Waals surface area contributed by atoms with Crippen LogP contribution in [0.2, 0.25) is 0 Å². The van der Waals surface area contributed by atoms with Gasteiger partial charge in [-0.05, 0) is 5.92 Å². The molecule has 0 aromatic heterocycles. The van der Waals surface area contributed by atoms with E-state index in [1.54, 1.807) is 7.11 Å². The second-order valence-corrected chi connectivity index (χ2v) is 3.76. The van der Waals surface area contributed by atoms with Crippen molar-refractivity contribution in [3.63, 3.8) is 0 Å². The number of nitrogens with two attached hydrogens (primary N) is 1. The van der Waals surface area contributed by atoms with Gasteiger partial charge in [0.25, 0.3) is 0 Å². The lowest BCUT2D eigenvalue weighted by Gasteiger charge is -2.16. The predicted molar refractivity (Wildman–Crippen MR) is 58.5 cm³/mol. The molecule has 0 rings (SSSR count). The Morgan fingerprint density at radius 3 is 2.60 bits per heavy atom. The summed E-state index contributed by atoms with van der Waals surface area (Å²) in [4.78, 5) is 11.2. The van der Waals surface area contributed by atoms with Crippen LogP contribution >= 0.6 is 0 Å². The summed E-state index contributed by atoms with van der Waals surface area (Å²) in [5.74, 6) is 0.224. The van der Waals surface area contributed by atoms with Crippen LogP contribution in [0.4, 0.5) is 0 Å². The molecule has 0 heterocycles. The van der Waals surface area contributed by atoms with Crippen LogP contribution in [0.5, 0.6) is 0 Å². The van der Waals surface area contributed by atoms with E-state index in [9.17, 15) is 4.79 Å². The lowest BCUT2D eigenvalue weighted by Crippen LogP contribution is -2.41. The van der Waals surface area contributed by atoms with Gasteiger partial charge in [0.2, 0.25) is 5.91 Å². The Hall–Kier alpha value is -0.650. The molecule has 0 saturated carbocycles. The molecule has 5 heteroatoms. The molecular formula is C10H22N2O3. The smallest absolute Gasteiger partial charge is 0.246 e. The van der Waals surface area contributed by atoms with E-state index < -0.39 is 0 Å². The van der Waals surface area contributed by atoms with E-state index in [0.29, 0.717) is 25.7 Å². The summed E-state index contributed by atoms with van der Waals surface area (Å²) in [5.41, 5.74) is 5.77. The first-order chi connectivity index (χ1) is 7.07. The fraction of sp³-hybridized carbons (Fsp3) is 0.900. The molecule has 15 heavy (non-hydrogen) atoms. The number of methoxy groups -OCH3 is 1. The molecule has 5 nitrogen and oxygen atoms in total. The number of hydrogen-bond acceptors (Lipinski definition) is 4. The van der Waals surface area contributed by atoms with Crippen molar-refractivity contribution in [1.82, 2.24) is 5.32 Å². The van der Waals surface area contributed by atoms with Crippen molar-refractivity contribution >= 4 is 5.91 Å². The minimum atomic E-state index is -0.137. The maximum atomic E-state index is 11.2. The summed E-state index contributed by atoms with van der Waals surface area (Å²) in [6, 6.07) is -0.00655. The molecule has 0 radical (unpaired) electrons. The summed E-state index contributed by atoms with van der Waals surface area (Å²) in [6.45, 7) is 5.52. The molecule has 0 fully saturated rings. The van der Waals surface area contributed by atoms with Gasteiger partial charge in [-0.1, -0.05) is 13.8 Å². The average molecular weight is 218 g/mol. The number of nitrogens with one attached hydrogen (secondary N) is 1. The van der Waals surface area contributed by atoms with Crippen molar-refractivity contribution in [2.45, 2.75) is 19.9 Å². The number of rotatable bonds is 8. The zero-order valence-corrected chi connectivity index (χ0v) is 9.79. The Morgan fingerprint density at radius 2 is 2.07 bits per heavy atom. The van der Waals surface area contributed by atoms with Crippen LogP contribution in [0.3, 0.4) is 0 Å². The summed E-state index contributed by atoms with van der Waals surface area (Å²) in [7, 11) is 1.59. The van der Waals surface area contributed by atoms with Gasteiger partial charge >= 0.3 is 0 Å². The molecule has 1 unspecified atom stereocenters. The number of carbonyl (C=O) groups excluding carboxylic acids is 1. The Balaban J connectivity index is 3.41. The number of hydrogen-bond donors (Lipinski definition) is 2. The minimum absolute atomic E-state index is 0.00655. The van der Waals surface area contributed by atoms with Crippen LogP contribution in [0.1, 0.15) is 13.8 Å². The molecule has 3 N–H and O–H groups in total. The molecule has 90 valence electrons. The standard InChI is InChI=1S/C10H22N2O3/c1-8(2)9(11)6-12-10(13)7-15-5-4-14-3/h8-9H,4-7,11H2,1-3H3,(H,12,13). The van der Waals surface area contributed by atoms with E-state index in [-0.39, 0.29) is 18.6 Å². The van der Waals surface area contributed by atoms with Gasteiger partial charge in [-0.2, -0.15) is 0 Å². The SMILES string of the molecule is COCCOCC(=O)NCC(N)C(C)C. The molecule has 0 aliphatic heterocycles. The van der Waals surface area contributed by atoms with Gasteiger partial charge in [0.05, 0.1) is 13.2 Å². The minimum Gasteiger partial charge on any atom is -0.382 e. The first kappa shape index (κ1) is 14.3. The number of amides is 1. The lowest BCUT2D eigenvalue weighted by molar-refractivity contribution is -0.126. The quantitative estimate of drug-likeness (QED) is 0.551. The average Bonchev–Trinajstić information content (AvgIpc) is 2.20. The van der Waals surface area contributed by atoms with Gasteiger partial charge in [0.15, 0.2) is 0 Å². The predicted octanol–water partition coefficient (Wildman–Crippen LogP) is -0.251. The van der Waals surface area contributed by atoms with E-state index in [1.807, 2.05) is 13.8 Å². The van der Waals surface area contributed by atoms with Crippen LogP contribution in [0.25, 0.3) is 0 Å². The molecule has 0 aliphatic rings. The van der Waals surface area contributed by atoms with Gasteiger partial charge in [0, 0.05) is 19.7 Å². The van der Waals surface area contributed by atoms with Crippen LogP contribution in [-0.2, 0) is 14.3 Å². The van der Waals surface area contributed by atoms with E-state index in [0.717, 1.165) is 0 Å². The fourth-order valence-corrected chi connectivity index (χ4v) is 0.826. The van der Waals surface area contributed by atoms with Gasteiger partial charge in [-0.3, -0.25) is 4.79 Å². The zero-order chi connectivity index (χ0) is 11.7. The highest BCUT2D eigenvalue weighted by molar-refractivity contribution is 5.77. The summed E-state index contributed by atoms with van der Waals surface area (Å²) in [5, 5.41) is 2.71. The molecule has 0 aliphatic carbocycles.